The van der Waals surface area contributed by atoms with Crippen LogP contribution in [-0.4, -0.2) is 51.4 Å². The van der Waals surface area contributed by atoms with Crippen LogP contribution in [0.4, 0.5) is 13.2 Å². The van der Waals surface area contributed by atoms with Gasteiger partial charge in [0, 0.05) is 45.7 Å². The molecule has 0 saturated carbocycles. The van der Waals surface area contributed by atoms with Crippen molar-refractivity contribution in [3.8, 4) is 0 Å². The largest absolute Gasteiger partial charge is 0.416 e. The molecular weight excluding hydrogens is 433 g/mol. The maximum Gasteiger partial charge on any atom is 0.416 e. The van der Waals surface area contributed by atoms with E-state index in [-0.39, 0.29) is 24.4 Å². The number of piperazine rings is 1. The van der Waals surface area contributed by atoms with Gasteiger partial charge < -0.3 is 4.90 Å². The second-order valence-corrected chi connectivity index (χ2v) is 8.32. The van der Waals surface area contributed by atoms with E-state index in [4.69, 9.17) is 0 Å². The van der Waals surface area contributed by atoms with E-state index >= 15 is 0 Å². The highest BCUT2D eigenvalue weighted by molar-refractivity contribution is 5.80. The quantitative estimate of drug-likeness (QED) is 0.588. The molecule has 0 aliphatic carbocycles. The summed E-state index contributed by atoms with van der Waals surface area (Å²) >= 11 is 0. The third kappa shape index (κ3) is 5.24. The van der Waals surface area contributed by atoms with Crippen molar-refractivity contribution in [1.82, 2.24) is 19.4 Å². The molecule has 0 bridgehead atoms. The molecule has 0 unspecified atom stereocenters. The van der Waals surface area contributed by atoms with Crippen LogP contribution in [0.1, 0.15) is 23.1 Å². The highest BCUT2D eigenvalue weighted by Gasteiger charge is 2.30. The number of amides is 1. The topological polar surface area (TPSA) is 58.4 Å². The van der Waals surface area contributed by atoms with Gasteiger partial charge in [-0.2, -0.15) is 13.2 Å². The number of para-hydroxylation sites is 1. The lowest BCUT2D eigenvalue weighted by molar-refractivity contribution is -0.137. The Morgan fingerprint density at radius 3 is 2.39 bits per heavy atom. The lowest BCUT2D eigenvalue weighted by Crippen LogP contribution is -2.48. The fourth-order valence-electron chi connectivity index (χ4n) is 4.08. The highest BCUT2D eigenvalue weighted by atomic mass is 19.4. The van der Waals surface area contributed by atoms with E-state index in [0.29, 0.717) is 43.6 Å². The minimum absolute atomic E-state index is 0.0274. The van der Waals surface area contributed by atoms with Crippen molar-refractivity contribution in [1.29, 1.82) is 0 Å². The molecule has 6 nitrogen and oxygen atoms in total. The van der Waals surface area contributed by atoms with E-state index in [1.165, 1.54) is 23.0 Å². The molecular formula is C24H25F3N4O2. The molecule has 3 aromatic rings. The van der Waals surface area contributed by atoms with Crippen LogP contribution >= 0.6 is 0 Å². The standard InChI is InChI=1S/C24H25F3N4O2/c1-17-3-2-4-20-22(17)28-16-31(23(20)33)10-9-21(32)30-13-11-29(12-14-30)15-18-5-7-19(8-6-18)24(25,26)27/h2-8,16H,9-15H2,1H3. The molecule has 0 N–H and O–H groups in total. The summed E-state index contributed by atoms with van der Waals surface area (Å²) in [6.07, 6.45) is -2.64. The van der Waals surface area contributed by atoms with E-state index < -0.39 is 11.7 Å². The minimum Gasteiger partial charge on any atom is -0.340 e. The monoisotopic (exact) mass is 458 g/mol. The van der Waals surface area contributed by atoms with Crippen LogP contribution < -0.4 is 5.56 Å². The fourth-order valence-corrected chi connectivity index (χ4v) is 4.08. The van der Waals surface area contributed by atoms with Gasteiger partial charge in [-0.15, -0.1) is 0 Å². The van der Waals surface area contributed by atoms with Crippen LogP contribution in [0.25, 0.3) is 10.9 Å². The average molecular weight is 458 g/mol. The average Bonchev–Trinajstić information content (AvgIpc) is 2.79. The molecule has 174 valence electrons. The zero-order chi connectivity index (χ0) is 23.6. The Labute approximate surface area is 189 Å². The molecule has 1 amide bonds. The lowest BCUT2D eigenvalue weighted by atomic mass is 10.1. The van der Waals surface area contributed by atoms with Gasteiger partial charge in [0.2, 0.25) is 5.91 Å². The number of rotatable bonds is 5. The van der Waals surface area contributed by atoms with E-state index in [0.717, 1.165) is 23.3 Å². The molecule has 0 spiro atoms. The van der Waals surface area contributed by atoms with Gasteiger partial charge in [0.25, 0.3) is 5.56 Å². The number of fused-ring (bicyclic) bond motifs is 1. The van der Waals surface area contributed by atoms with Crippen molar-refractivity contribution in [3.63, 3.8) is 0 Å². The summed E-state index contributed by atoms with van der Waals surface area (Å²) in [5, 5.41) is 0.543. The Morgan fingerprint density at radius 1 is 1.03 bits per heavy atom. The summed E-state index contributed by atoms with van der Waals surface area (Å²) < 4.78 is 39.6. The number of aromatic nitrogens is 2. The third-order valence-electron chi connectivity index (χ3n) is 6.03. The number of hydrogen-bond acceptors (Lipinski definition) is 4. The highest BCUT2D eigenvalue weighted by Crippen LogP contribution is 2.29. The van der Waals surface area contributed by atoms with E-state index in [1.54, 1.807) is 11.0 Å². The van der Waals surface area contributed by atoms with Crippen LogP contribution in [0, 0.1) is 6.92 Å². The number of hydrogen-bond donors (Lipinski definition) is 0. The second-order valence-electron chi connectivity index (χ2n) is 8.32. The van der Waals surface area contributed by atoms with Crippen molar-refractivity contribution in [2.45, 2.75) is 32.6 Å². The minimum atomic E-state index is -4.34. The fraction of sp³-hybridized carbons (Fsp3) is 0.375. The van der Waals surface area contributed by atoms with Gasteiger partial charge in [-0.25, -0.2) is 4.98 Å². The van der Waals surface area contributed by atoms with Crippen LogP contribution in [-0.2, 0) is 24.1 Å². The molecule has 2 aromatic carbocycles. The zero-order valence-electron chi connectivity index (χ0n) is 18.3. The number of halogens is 3. The van der Waals surface area contributed by atoms with E-state index in [2.05, 4.69) is 9.88 Å². The number of aryl methyl sites for hydroxylation is 2. The molecule has 4 rings (SSSR count). The summed E-state index contributed by atoms with van der Waals surface area (Å²) in [5.41, 5.74) is 1.60. The second kappa shape index (κ2) is 9.35. The Bertz CT molecular complexity index is 1200. The smallest absolute Gasteiger partial charge is 0.340 e. The van der Waals surface area contributed by atoms with Crippen LogP contribution in [0.2, 0.25) is 0 Å². The lowest BCUT2D eigenvalue weighted by Gasteiger charge is -2.35. The number of alkyl halides is 3. The first-order chi connectivity index (χ1) is 15.7. The first-order valence-corrected chi connectivity index (χ1v) is 10.8. The Kier molecular flexibility index (Phi) is 6.51. The van der Waals surface area contributed by atoms with Crippen molar-refractivity contribution >= 4 is 16.8 Å². The molecule has 2 heterocycles. The predicted molar refractivity (Wildman–Crippen MR) is 119 cm³/mol. The first-order valence-electron chi connectivity index (χ1n) is 10.8. The maximum absolute atomic E-state index is 12.7. The van der Waals surface area contributed by atoms with Gasteiger partial charge >= 0.3 is 6.18 Å². The SMILES string of the molecule is Cc1cccc2c(=O)n(CCC(=O)N3CCN(Cc4ccc(C(F)(F)F)cc4)CC3)cnc12. The Hall–Kier alpha value is -3.20. The summed E-state index contributed by atoms with van der Waals surface area (Å²) in [7, 11) is 0. The van der Waals surface area contributed by atoms with Crippen molar-refractivity contribution < 1.29 is 18.0 Å². The van der Waals surface area contributed by atoms with Crippen LogP contribution in [0.5, 0.6) is 0 Å². The Morgan fingerprint density at radius 2 is 1.73 bits per heavy atom. The molecule has 0 atom stereocenters. The van der Waals surface area contributed by atoms with E-state index in [1.807, 2.05) is 19.1 Å². The molecule has 1 saturated heterocycles. The third-order valence-corrected chi connectivity index (χ3v) is 6.03. The summed E-state index contributed by atoms with van der Waals surface area (Å²) in [6.45, 7) is 5.08. The number of carbonyl (C=O) groups excluding carboxylic acids is 1. The van der Waals surface area contributed by atoms with Gasteiger partial charge in [-0.05, 0) is 36.2 Å². The zero-order valence-corrected chi connectivity index (χ0v) is 18.3. The van der Waals surface area contributed by atoms with Gasteiger partial charge in [0.1, 0.15) is 0 Å². The number of benzene rings is 2. The summed E-state index contributed by atoms with van der Waals surface area (Å²) in [6, 6.07) is 10.7. The molecule has 33 heavy (non-hydrogen) atoms. The van der Waals surface area contributed by atoms with Gasteiger partial charge in [-0.1, -0.05) is 24.3 Å². The normalized spacial score (nSPS) is 15.2. The molecule has 0 radical (unpaired) electrons. The summed E-state index contributed by atoms with van der Waals surface area (Å²) in [5.74, 6) is -0.0274. The molecule has 1 aliphatic heterocycles. The Balaban J connectivity index is 1.29. The van der Waals surface area contributed by atoms with Crippen molar-refractivity contribution in [2.75, 3.05) is 26.2 Å². The molecule has 9 heteroatoms. The predicted octanol–water partition coefficient (Wildman–Crippen LogP) is 3.46. The molecule has 1 fully saturated rings. The summed E-state index contributed by atoms with van der Waals surface area (Å²) in [4.78, 5) is 33.6. The van der Waals surface area contributed by atoms with Crippen molar-refractivity contribution in [2.24, 2.45) is 0 Å². The van der Waals surface area contributed by atoms with Gasteiger partial charge in [0.15, 0.2) is 0 Å². The van der Waals surface area contributed by atoms with Gasteiger partial charge in [0.05, 0.1) is 22.8 Å². The number of nitrogens with zero attached hydrogens (tertiary/aromatic N) is 4. The number of carbonyl (C=O) groups is 1. The van der Waals surface area contributed by atoms with E-state index in [9.17, 15) is 22.8 Å². The molecule has 1 aromatic heterocycles. The first kappa shape index (κ1) is 23.0. The van der Waals surface area contributed by atoms with Crippen LogP contribution in [0.15, 0.2) is 53.6 Å². The molecule has 1 aliphatic rings. The van der Waals surface area contributed by atoms with Crippen molar-refractivity contribution in [3.05, 3.63) is 75.8 Å². The maximum atomic E-state index is 12.7. The van der Waals surface area contributed by atoms with Gasteiger partial charge in [-0.3, -0.25) is 19.1 Å². The van der Waals surface area contributed by atoms with Crippen LogP contribution in [0.3, 0.4) is 0 Å².